The number of hydrogen-bond donors (Lipinski definition) is 1. The summed E-state index contributed by atoms with van der Waals surface area (Å²) < 4.78 is 16.6. The topological polar surface area (TPSA) is 123 Å². The van der Waals surface area contributed by atoms with Gasteiger partial charge in [0.15, 0.2) is 0 Å². The number of likely N-dealkylation sites (tertiary alicyclic amines) is 1. The second-order valence-electron chi connectivity index (χ2n) is 12.5. The molecule has 1 unspecified atom stereocenters. The van der Waals surface area contributed by atoms with Crippen LogP contribution in [0.3, 0.4) is 0 Å². The van der Waals surface area contributed by atoms with Gasteiger partial charge >= 0.3 is 23.9 Å². The van der Waals surface area contributed by atoms with Crippen molar-refractivity contribution >= 4 is 23.9 Å². The van der Waals surface area contributed by atoms with Crippen LogP contribution in [0.15, 0.2) is 0 Å². The monoisotopic (exact) mass is 626 g/mol. The van der Waals surface area contributed by atoms with Gasteiger partial charge in [-0.15, -0.1) is 0 Å². The Hall–Kier alpha value is -2.20. The molecule has 2 atom stereocenters. The molecule has 1 heterocycles. The molecule has 0 radical (unpaired) electrons. The van der Waals surface area contributed by atoms with Crippen LogP contribution in [0, 0.1) is 0 Å². The third-order valence-electron chi connectivity index (χ3n) is 8.08. The number of carbonyl (C=O) groups is 4. The van der Waals surface area contributed by atoms with Crippen molar-refractivity contribution < 1.29 is 38.5 Å². The molecule has 10 heteroatoms. The number of rotatable bonds is 28. The Morgan fingerprint density at radius 3 is 1.91 bits per heavy atom. The first-order chi connectivity index (χ1) is 21.2. The number of carboxylic acid groups (broad SMARTS) is 1. The third kappa shape index (κ3) is 21.5. The molecule has 1 saturated heterocycles. The quantitative estimate of drug-likeness (QED) is 0.0616. The molecule has 0 aliphatic carbocycles. The average Bonchev–Trinajstić information content (AvgIpc) is 3.37. The van der Waals surface area contributed by atoms with Crippen molar-refractivity contribution in [3.63, 3.8) is 0 Å². The van der Waals surface area contributed by atoms with Crippen LogP contribution >= 0.6 is 0 Å². The fourth-order valence-corrected chi connectivity index (χ4v) is 5.44. The summed E-state index contributed by atoms with van der Waals surface area (Å²) in [6.07, 6.45) is 17.2. The summed E-state index contributed by atoms with van der Waals surface area (Å²) in [5.41, 5.74) is 0. The lowest BCUT2D eigenvalue weighted by atomic mass is 10.1. The van der Waals surface area contributed by atoms with Crippen molar-refractivity contribution in [1.82, 2.24) is 9.80 Å². The molecule has 1 aliphatic rings. The molecule has 0 bridgehead atoms. The Kier molecular flexibility index (Phi) is 23.6. The van der Waals surface area contributed by atoms with Crippen LogP contribution in [0.2, 0.25) is 0 Å². The van der Waals surface area contributed by atoms with E-state index in [1.165, 1.54) is 44.9 Å². The van der Waals surface area contributed by atoms with Crippen LogP contribution in [-0.4, -0.2) is 97.9 Å². The summed E-state index contributed by atoms with van der Waals surface area (Å²) in [6, 6.07) is -0.452. The highest BCUT2D eigenvalue weighted by atomic mass is 16.6. The van der Waals surface area contributed by atoms with Gasteiger partial charge in [0.1, 0.15) is 18.8 Å². The summed E-state index contributed by atoms with van der Waals surface area (Å²) in [4.78, 5) is 52.0. The molecule has 256 valence electrons. The Labute approximate surface area is 266 Å². The smallest absolute Gasteiger partial charge is 0.323 e. The molecule has 0 spiro atoms. The van der Waals surface area contributed by atoms with E-state index in [4.69, 9.17) is 19.3 Å². The number of esters is 3. The van der Waals surface area contributed by atoms with Crippen LogP contribution < -0.4 is 0 Å². The number of nitrogens with zero attached hydrogens (tertiary/aromatic N) is 2. The van der Waals surface area contributed by atoms with Crippen molar-refractivity contribution in [3.8, 4) is 0 Å². The van der Waals surface area contributed by atoms with Crippen LogP contribution in [0.5, 0.6) is 0 Å². The number of carbonyl (C=O) groups excluding carboxylic acids is 3. The summed E-state index contributed by atoms with van der Waals surface area (Å²) >= 11 is 0. The van der Waals surface area contributed by atoms with E-state index in [1.54, 1.807) is 0 Å². The maximum absolute atomic E-state index is 12.9. The fourth-order valence-electron chi connectivity index (χ4n) is 5.44. The number of ether oxygens (including phenoxy) is 3. The van der Waals surface area contributed by atoms with Crippen molar-refractivity contribution in [2.75, 3.05) is 46.9 Å². The number of likely N-dealkylation sites (N-methyl/N-ethyl adjacent to an activating group) is 1. The molecule has 0 aromatic rings. The zero-order valence-electron chi connectivity index (χ0n) is 28.0. The zero-order chi connectivity index (χ0) is 32.4. The van der Waals surface area contributed by atoms with Crippen molar-refractivity contribution in [3.05, 3.63) is 0 Å². The van der Waals surface area contributed by atoms with Gasteiger partial charge in [0.2, 0.25) is 0 Å². The van der Waals surface area contributed by atoms with E-state index < -0.39 is 12.0 Å². The standard InChI is InChI=1S/C34H62N2O8/c1-4-5-6-7-8-9-10-13-19-25-42-32(39)21-17-14-18-23-36-28-29(27-30(36)34(41)43-26-24-35(2)3)44-33(40)22-16-12-11-15-20-31(37)38/h29-30H,4-28H2,1-3H3,(H,37,38)/t29?,30-/m0/s1. The van der Waals surface area contributed by atoms with Gasteiger partial charge in [-0.1, -0.05) is 77.6 Å². The van der Waals surface area contributed by atoms with Gasteiger partial charge in [-0.05, 0) is 52.7 Å². The Balaban J connectivity index is 2.30. The molecule has 1 rings (SSSR count). The molecule has 0 aromatic heterocycles. The predicted octanol–water partition coefficient (Wildman–Crippen LogP) is 6.14. The lowest BCUT2D eigenvalue weighted by molar-refractivity contribution is -0.151. The first kappa shape index (κ1) is 39.8. The van der Waals surface area contributed by atoms with E-state index in [-0.39, 0.29) is 36.9 Å². The van der Waals surface area contributed by atoms with Crippen molar-refractivity contribution in [2.45, 2.75) is 147 Å². The second kappa shape index (κ2) is 26.1. The first-order valence-corrected chi connectivity index (χ1v) is 17.3. The van der Waals surface area contributed by atoms with E-state index >= 15 is 0 Å². The number of aliphatic carboxylic acids is 1. The van der Waals surface area contributed by atoms with E-state index in [0.29, 0.717) is 58.5 Å². The second-order valence-corrected chi connectivity index (χ2v) is 12.5. The molecular formula is C34H62N2O8. The van der Waals surface area contributed by atoms with Crippen LogP contribution in [0.1, 0.15) is 135 Å². The highest BCUT2D eigenvalue weighted by molar-refractivity contribution is 5.76. The molecule has 1 fully saturated rings. The fraction of sp³-hybridized carbons (Fsp3) is 0.882. The average molecular weight is 627 g/mol. The highest BCUT2D eigenvalue weighted by Crippen LogP contribution is 2.23. The largest absolute Gasteiger partial charge is 0.481 e. The highest BCUT2D eigenvalue weighted by Gasteiger charge is 2.39. The van der Waals surface area contributed by atoms with Crippen molar-refractivity contribution in [2.24, 2.45) is 0 Å². The minimum absolute atomic E-state index is 0.137. The molecule has 44 heavy (non-hydrogen) atoms. The van der Waals surface area contributed by atoms with Gasteiger partial charge in [0.05, 0.1) is 6.61 Å². The molecule has 0 aromatic carbocycles. The maximum Gasteiger partial charge on any atom is 0.323 e. The van der Waals surface area contributed by atoms with Crippen LogP contribution in [0.4, 0.5) is 0 Å². The molecular weight excluding hydrogens is 564 g/mol. The number of unbranched alkanes of at least 4 members (excludes halogenated alkanes) is 13. The minimum Gasteiger partial charge on any atom is -0.481 e. The summed E-state index contributed by atoms with van der Waals surface area (Å²) in [7, 11) is 3.84. The van der Waals surface area contributed by atoms with Gasteiger partial charge in [0, 0.05) is 38.8 Å². The third-order valence-corrected chi connectivity index (χ3v) is 8.08. The zero-order valence-corrected chi connectivity index (χ0v) is 28.0. The van der Waals surface area contributed by atoms with Crippen LogP contribution in [0.25, 0.3) is 0 Å². The van der Waals surface area contributed by atoms with Gasteiger partial charge in [-0.3, -0.25) is 24.1 Å². The van der Waals surface area contributed by atoms with Gasteiger partial charge < -0.3 is 24.2 Å². The van der Waals surface area contributed by atoms with E-state index in [1.807, 2.05) is 23.9 Å². The Morgan fingerprint density at radius 1 is 0.705 bits per heavy atom. The minimum atomic E-state index is -0.799. The first-order valence-electron chi connectivity index (χ1n) is 17.3. The molecule has 0 amide bonds. The maximum atomic E-state index is 12.9. The summed E-state index contributed by atoms with van der Waals surface area (Å²) in [6.45, 7) is 4.84. The lowest BCUT2D eigenvalue weighted by Gasteiger charge is -2.22. The number of carboxylic acids is 1. The summed E-state index contributed by atoms with van der Waals surface area (Å²) in [5, 5.41) is 8.72. The Bertz CT molecular complexity index is 791. The van der Waals surface area contributed by atoms with E-state index in [9.17, 15) is 19.2 Å². The van der Waals surface area contributed by atoms with E-state index in [2.05, 4.69) is 6.92 Å². The summed E-state index contributed by atoms with van der Waals surface area (Å²) in [5.74, 6) is -1.51. The lowest BCUT2D eigenvalue weighted by Crippen LogP contribution is -2.38. The Morgan fingerprint density at radius 2 is 1.27 bits per heavy atom. The molecule has 0 saturated carbocycles. The predicted molar refractivity (Wildman–Crippen MR) is 171 cm³/mol. The van der Waals surface area contributed by atoms with Gasteiger partial charge in [-0.2, -0.15) is 0 Å². The number of hydrogen-bond acceptors (Lipinski definition) is 9. The van der Waals surface area contributed by atoms with E-state index in [0.717, 1.165) is 44.9 Å². The normalized spacial score (nSPS) is 16.7. The van der Waals surface area contributed by atoms with Crippen molar-refractivity contribution in [1.29, 1.82) is 0 Å². The molecule has 10 nitrogen and oxygen atoms in total. The van der Waals surface area contributed by atoms with Gasteiger partial charge in [0.25, 0.3) is 0 Å². The molecule has 1 N–H and O–H groups in total. The molecule has 1 aliphatic heterocycles. The SMILES string of the molecule is CCCCCCCCCCCOC(=O)CCCCCN1CC(OC(=O)CCCCCCC(=O)O)C[C@H]1C(=O)OCCN(C)C. The van der Waals surface area contributed by atoms with Gasteiger partial charge in [-0.25, -0.2) is 0 Å². The van der Waals surface area contributed by atoms with Crippen LogP contribution in [-0.2, 0) is 33.4 Å².